The van der Waals surface area contributed by atoms with E-state index in [1.165, 1.54) is 11.1 Å². The number of nitrogens with zero attached hydrogens (tertiary/aromatic N) is 1. The van der Waals surface area contributed by atoms with Crippen molar-refractivity contribution in [1.29, 1.82) is 0 Å². The number of nitrogens with two attached hydrogens (primary N) is 1. The summed E-state index contributed by atoms with van der Waals surface area (Å²) >= 11 is 3.46. The number of hydrazine groups is 1. The summed E-state index contributed by atoms with van der Waals surface area (Å²) in [6, 6.07) is 6.12. The summed E-state index contributed by atoms with van der Waals surface area (Å²) in [5.74, 6) is 4.60. The third-order valence-electron chi connectivity index (χ3n) is 1.97. The van der Waals surface area contributed by atoms with Crippen molar-refractivity contribution >= 4 is 26.8 Å². The average molecular weight is 271 g/mol. The number of H-pyrrole nitrogens is 1. The maximum atomic E-state index is 4.60. The number of hydrogen-bond acceptors (Lipinski definition) is 3. The van der Waals surface area contributed by atoms with Gasteiger partial charge in [-0.2, -0.15) is 5.10 Å². The molecule has 2 rings (SSSR count). The van der Waals surface area contributed by atoms with Gasteiger partial charge >= 0.3 is 0 Å². The highest BCUT2D eigenvalue weighted by Crippen LogP contribution is 2.23. The highest BCUT2D eigenvalue weighted by atomic mass is 79.9. The maximum Gasteiger partial charge on any atom is 0.106 e. The Labute approximate surface area is 97.3 Å². The van der Waals surface area contributed by atoms with E-state index in [2.05, 4.69) is 50.4 Å². The number of aryl methyl sites for hydroxylation is 1. The Hall–Kier alpha value is -0.910. The molecular formula is C10H15BrN4. The maximum absolute atomic E-state index is 4.60. The Morgan fingerprint density at radius 3 is 2.80 bits per heavy atom. The van der Waals surface area contributed by atoms with Crippen LogP contribution in [0.25, 0.3) is 10.9 Å². The zero-order chi connectivity index (χ0) is 11.3. The molecule has 4 N–H and O–H groups in total. The van der Waals surface area contributed by atoms with Gasteiger partial charge in [0, 0.05) is 15.6 Å². The predicted molar refractivity (Wildman–Crippen MR) is 66.4 cm³/mol. The van der Waals surface area contributed by atoms with E-state index in [4.69, 9.17) is 0 Å². The van der Waals surface area contributed by atoms with E-state index in [-0.39, 0.29) is 0 Å². The molecule has 1 aromatic heterocycles. The Balaban J connectivity index is 0.000000337. The number of para-hydroxylation sites is 1. The Morgan fingerprint density at radius 2 is 2.20 bits per heavy atom. The van der Waals surface area contributed by atoms with Crippen LogP contribution < -0.4 is 11.3 Å². The third kappa shape index (κ3) is 2.77. The fraction of sp³-hybridized carbons (Fsp3) is 0.300. The Bertz CT molecular complexity index is 424. The molecule has 5 heteroatoms. The first-order valence-electron chi connectivity index (χ1n) is 4.73. The molecule has 0 unspecified atom stereocenters. The molecule has 2 aromatic rings. The van der Waals surface area contributed by atoms with Crippen molar-refractivity contribution in [2.24, 2.45) is 5.84 Å². The van der Waals surface area contributed by atoms with Crippen molar-refractivity contribution in [3.05, 3.63) is 28.4 Å². The summed E-state index contributed by atoms with van der Waals surface area (Å²) in [6.45, 7) is 2.12. The summed E-state index contributed by atoms with van der Waals surface area (Å²) in [5, 5.41) is 8.46. The molecule has 1 heterocycles. The van der Waals surface area contributed by atoms with Gasteiger partial charge in [0.25, 0.3) is 0 Å². The van der Waals surface area contributed by atoms with E-state index < -0.39 is 0 Å². The summed E-state index contributed by atoms with van der Waals surface area (Å²) in [5.41, 5.74) is 4.47. The van der Waals surface area contributed by atoms with Gasteiger partial charge in [-0.05, 0) is 35.5 Å². The van der Waals surface area contributed by atoms with E-state index in [0.717, 1.165) is 16.4 Å². The van der Waals surface area contributed by atoms with Gasteiger partial charge in [-0.25, -0.2) is 0 Å². The van der Waals surface area contributed by atoms with Crippen LogP contribution in [-0.4, -0.2) is 17.2 Å². The minimum absolute atomic E-state index is 0.993. The van der Waals surface area contributed by atoms with Gasteiger partial charge in [0.05, 0.1) is 0 Å². The first-order chi connectivity index (χ1) is 7.24. The lowest BCUT2D eigenvalue weighted by Crippen LogP contribution is -2.13. The fourth-order valence-corrected chi connectivity index (χ4v) is 1.78. The number of rotatable bonds is 1. The molecule has 0 saturated carbocycles. The van der Waals surface area contributed by atoms with E-state index in [0.29, 0.717) is 0 Å². The highest BCUT2D eigenvalue weighted by Gasteiger charge is 2.04. The van der Waals surface area contributed by atoms with Crippen molar-refractivity contribution in [2.45, 2.75) is 13.3 Å². The number of hydrogen-bond donors (Lipinski definition) is 3. The van der Waals surface area contributed by atoms with Crippen LogP contribution >= 0.6 is 15.9 Å². The second kappa shape index (κ2) is 5.85. The number of fused-ring (bicyclic) bond motifs is 1. The predicted octanol–water partition coefficient (Wildman–Crippen LogP) is 1.97. The molecular weight excluding hydrogens is 256 g/mol. The molecule has 0 bridgehead atoms. The molecule has 0 saturated heterocycles. The molecule has 0 spiro atoms. The third-order valence-corrected chi connectivity index (χ3v) is 2.61. The van der Waals surface area contributed by atoms with Crippen LogP contribution in [0.2, 0.25) is 0 Å². The van der Waals surface area contributed by atoms with Gasteiger partial charge in [0.1, 0.15) is 5.52 Å². The fourth-order valence-electron chi connectivity index (χ4n) is 1.33. The lowest BCUT2D eigenvalue weighted by Gasteiger charge is -1.92. The molecule has 0 aliphatic heterocycles. The Morgan fingerprint density at radius 1 is 1.53 bits per heavy atom. The van der Waals surface area contributed by atoms with Crippen molar-refractivity contribution in [1.82, 2.24) is 15.6 Å². The van der Waals surface area contributed by atoms with E-state index in [1.54, 1.807) is 7.05 Å². The molecule has 82 valence electrons. The molecule has 0 aliphatic rings. The number of nitrogens with one attached hydrogen (secondary N) is 2. The zero-order valence-electron chi connectivity index (χ0n) is 8.84. The summed E-state index contributed by atoms with van der Waals surface area (Å²) < 4.78 is 1.05. The number of aromatic amines is 1. The second-order valence-corrected chi connectivity index (χ2v) is 3.83. The summed E-state index contributed by atoms with van der Waals surface area (Å²) in [7, 11) is 1.65. The van der Waals surface area contributed by atoms with E-state index in [9.17, 15) is 0 Å². The number of benzene rings is 1. The molecule has 15 heavy (non-hydrogen) atoms. The van der Waals surface area contributed by atoms with Crippen LogP contribution in [0.5, 0.6) is 0 Å². The molecule has 4 nitrogen and oxygen atoms in total. The smallest absolute Gasteiger partial charge is 0.106 e. The van der Waals surface area contributed by atoms with Gasteiger partial charge in [-0.15, -0.1) is 0 Å². The van der Waals surface area contributed by atoms with Crippen molar-refractivity contribution < 1.29 is 0 Å². The molecule has 0 amide bonds. The minimum atomic E-state index is 0.993. The van der Waals surface area contributed by atoms with E-state index in [1.807, 2.05) is 12.1 Å². The topological polar surface area (TPSA) is 66.7 Å². The summed E-state index contributed by atoms with van der Waals surface area (Å²) in [6.07, 6.45) is 0.993. The lowest BCUT2D eigenvalue weighted by atomic mass is 10.2. The highest BCUT2D eigenvalue weighted by molar-refractivity contribution is 9.10. The van der Waals surface area contributed by atoms with Crippen LogP contribution in [-0.2, 0) is 6.42 Å². The standard InChI is InChI=1S/C9H9BrN2.CH6N2/c1-2-8-6-4-3-5-7(10)9(6)12-11-8;1-3-2/h3-5H,2H2,1H3,(H,11,12);3H,2H2,1H3. The van der Waals surface area contributed by atoms with Crippen LogP contribution in [0.3, 0.4) is 0 Å². The quantitative estimate of drug-likeness (QED) is 0.548. The van der Waals surface area contributed by atoms with Crippen LogP contribution in [0.15, 0.2) is 22.7 Å². The van der Waals surface area contributed by atoms with E-state index >= 15 is 0 Å². The minimum Gasteiger partial charge on any atom is -0.281 e. The van der Waals surface area contributed by atoms with Crippen LogP contribution in [0.1, 0.15) is 12.6 Å². The van der Waals surface area contributed by atoms with Crippen LogP contribution in [0, 0.1) is 0 Å². The van der Waals surface area contributed by atoms with Gasteiger partial charge < -0.3 is 0 Å². The van der Waals surface area contributed by atoms with Crippen molar-refractivity contribution in [2.75, 3.05) is 7.05 Å². The molecule has 1 aromatic carbocycles. The number of aromatic nitrogens is 2. The lowest BCUT2D eigenvalue weighted by molar-refractivity contribution is 0.900. The molecule has 0 radical (unpaired) electrons. The van der Waals surface area contributed by atoms with Gasteiger partial charge in [0.2, 0.25) is 0 Å². The average Bonchev–Trinajstić information content (AvgIpc) is 2.63. The second-order valence-electron chi connectivity index (χ2n) is 2.98. The van der Waals surface area contributed by atoms with Gasteiger partial charge in [0.15, 0.2) is 0 Å². The van der Waals surface area contributed by atoms with Crippen LogP contribution in [0.4, 0.5) is 0 Å². The Kier molecular flexibility index (Phi) is 4.74. The monoisotopic (exact) mass is 270 g/mol. The zero-order valence-corrected chi connectivity index (χ0v) is 10.4. The molecule has 0 atom stereocenters. The number of halogens is 1. The SMILES string of the molecule is CCc1[nH]nc2c(Br)cccc12.CNN. The van der Waals surface area contributed by atoms with Gasteiger partial charge in [-0.3, -0.25) is 16.4 Å². The first-order valence-corrected chi connectivity index (χ1v) is 5.52. The largest absolute Gasteiger partial charge is 0.281 e. The first kappa shape index (κ1) is 12.2. The van der Waals surface area contributed by atoms with Gasteiger partial charge in [-0.1, -0.05) is 19.1 Å². The van der Waals surface area contributed by atoms with Crippen molar-refractivity contribution in [3.63, 3.8) is 0 Å². The normalized spacial score (nSPS) is 9.87. The summed E-state index contributed by atoms with van der Waals surface area (Å²) in [4.78, 5) is 0. The van der Waals surface area contributed by atoms with Crippen molar-refractivity contribution in [3.8, 4) is 0 Å². The molecule has 0 fully saturated rings. The molecule has 0 aliphatic carbocycles.